The molecule has 0 radical (unpaired) electrons. The molecule has 0 spiro atoms. The highest BCUT2D eigenvalue weighted by Crippen LogP contribution is 2.41. The van der Waals surface area contributed by atoms with Crippen molar-refractivity contribution in [2.24, 2.45) is 11.7 Å². The van der Waals surface area contributed by atoms with Gasteiger partial charge in [-0.15, -0.1) is 0 Å². The van der Waals surface area contributed by atoms with Crippen LogP contribution in [0.2, 0.25) is 0 Å². The summed E-state index contributed by atoms with van der Waals surface area (Å²) in [7, 11) is 3.24. The SMILES string of the molecule is COc1cc(F)c(C2CC(CN)CN2C)c(F)c1Br. The molecule has 0 saturated carbocycles. The predicted octanol–water partition coefficient (Wildman–Crippen LogP) is 2.69. The Morgan fingerprint density at radius 3 is 2.74 bits per heavy atom. The van der Waals surface area contributed by atoms with E-state index < -0.39 is 11.6 Å². The number of hydrogen-bond donors (Lipinski definition) is 1. The molecule has 1 fully saturated rings. The minimum absolute atomic E-state index is 0.0890. The molecule has 6 heteroatoms. The van der Waals surface area contributed by atoms with Crippen LogP contribution in [0.1, 0.15) is 18.0 Å². The van der Waals surface area contributed by atoms with Gasteiger partial charge in [-0.25, -0.2) is 8.78 Å². The van der Waals surface area contributed by atoms with Gasteiger partial charge >= 0.3 is 0 Å². The van der Waals surface area contributed by atoms with Crippen molar-refractivity contribution in [1.82, 2.24) is 4.90 Å². The van der Waals surface area contributed by atoms with E-state index in [1.165, 1.54) is 13.2 Å². The van der Waals surface area contributed by atoms with Crippen LogP contribution in [0.3, 0.4) is 0 Å². The molecular weight excluding hydrogens is 318 g/mol. The normalized spacial score (nSPS) is 23.9. The van der Waals surface area contributed by atoms with Crippen molar-refractivity contribution in [2.45, 2.75) is 12.5 Å². The quantitative estimate of drug-likeness (QED) is 0.864. The van der Waals surface area contributed by atoms with Gasteiger partial charge < -0.3 is 10.5 Å². The summed E-state index contributed by atoms with van der Waals surface area (Å²) in [4.78, 5) is 1.94. The third kappa shape index (κ3) is 2.61. The van der Waals surface area contributed by atoms with E-state index in [1.807, 2.05) is 11.9 Å². The van der Waals surface area contributed by atoms with Crippen LogP contribution in [0.15, 0.2) is 10.5 Å². The van der Waals surface area contributed by atoms with Crippen molar-refractivity contribution < 1.29 is 13.5 Å². The Bertz CT molecular complexity index is 484. The second kappa shape index (κ2) is 5.73. The molecule has 0 aliphatic carbocycles. The molecule has 1 aromatic carbocycles. The Morgan fingerprint density at radius 2 is 2.21 bits per heavy atom. The van der Waals surface area contributed by atoms with Gasteiger partial charge in [-0.05, 0) is 41.9 Å². The van der Waals surface area contributed by atoms with Crippen LogP contribution in [0.4, 0.5) is 8.78 Å². The average molecular weight is 335 g/mol. The molecule has 1 aliphatic heterocycles. The molecule has 2 atom stereocenters. The summed E-state index contributed by atoms with van der Waals surface area (Å²) < 4.78 is 33.6. The smallest absolute Gasteiger partial charge is 0.148 e. The van der Waals surface area contributed by atoms with Crippen LogP contribution in [0.25, 0.3) is 0 Å². The molecule has 2 unspecified atom stereocenters. The summed E-state index contributed by atoms with van der Waals surface area (Å²) in [5, 5.41) is 0. The minimum atomic E-state index is -0.591. The molecule has 1 aliphatic rings. The third-order valence-electron chi connectivity index (χ3n) is 3.68. The highest BCUT2D eigenvalue weighted by molar-refractivity contribution is 9.10. The molecule has 2 rings (SSSR count). The third-order valence-corrected chi connectivity index (χ3v) is 4.42. The van der Waals surface area contributed by atoms with Gasteiger partial charge in [0.15, 0.2) is 0 Å². The molecule has 0 amide bonds. The number of methoxy groups -OCH3 is 1. The molecule has 2 N–H and O–H groups in total. The van der Waals surface area contributed by atoms with Gasteiger partial charge in [0.1, 0.15) is 17.4 Å². The van der Waals surface area contributed by atoms with E-state index >= 15 is 0 Å². The maximum absolute atomic E-state index is 14.3. The van der Waals surface area contributed by atoms with E-state index in [2.05, 4.69) is 15.9 Å². The molecule has 1 heterocycles. The van der Waals surface area contributed by atoms with E-state index in [4.69, 9.17) is 10.5 Å². The first-order chi connectivity index (χ1) is 8.99. The van der Waals surface area contributed by atoms with Gasteiger partial charge in [0.05, 0.1) is 11.6 Å². The zero-order valence-corrected chi connectivity index (χ0v) is 12.5. The van der Waals surface area contributed by atoms with Crippen molar-refractivity contribution >= 4 is 15.9 Å². The zero-order valence-electron chi connectivity index (χ0n) is 10.9. The second-order valence-electron chi connectivity index (χ2n) is 4.90. The molecular formula is C13H17BrF2N2O. The number of benzene rings is 1. The lowest BCUT2D eigenvalue weighted by Crippen LogP contribution is -2.21. The van der Waals surface area contributed by atoms with E-state index in [9.17, 15) is 8.78 Å². The maximum Gasteiger partial charge on any atom is 0.148 e. The first-order valence-electron chi connectivity index (χ1n) is 6.11. The predicted molar refractivity (Wildman–Crippen MR) is 73.1 cm³/mol. The molecule has 0 bridgehead atoms. The van der Waals surface area contributed by atoms with E-state index in [-0.39, 0.29) is 27.7 Å². The second-order valence-corrected chi connectivity index (χ2v) is 5.69. The highest BCUT2D eigenvalue weighted by atomic mass is 79.9. The fourth-order valence-electron chi connectivity index (χ4n) is 2.66. The fraction of sp³-hybridized carbons (Fsp3) is 0.538. The topological polar surface area (TPSA) is 38.5 Å². The van der Waals surface area contributed by atoms with Crippen LogP contribution in [0, 0.1) is 17.6 Å². The van der Waals surface area contributed by atoms with Gasteiger partial charge in [-0.3, -0.25) is 4.90 Å². The number of ether oxygens (including phenoxy) is 1. The Labute approximate surface area is 119 Å². The first kappa shape index (κ1) is 14.7. The Kier molecular flexibility index (Phi) is 4.43. The van der Waals surface area contributed by atoms with Gasteiger partial charge in [0.2, 0.25) is 0 Å². The Hall–Kier alpha value is -0.720. The summed E-state index contributed by atoms with van der Waals surface area (Å²) in [6, 6.07) is 0.933. The number of hydrogen-bond acceptors (Lipinski definition) is 3. The number of rotatable bonds is 3. The standard InChI is InChI=1S/C13H17BrF2N2O/c1-18-6-7(5-17)3-9(18)11-8(15)4-10(19-2)12(14)13(11)16/h4,7,9H,3,5-6,17H2,1-2H3. The summed E-state index contributed by atoms with van der Waals surface area (Å²) >= 11 is 3.11. The lowest BCUT2D eigenvalue weighted by Gasteiger charge is -2.22. The van der Waals surface area contributed by atoms with Crippen molar-refractivity contribution in [2.75, 3.05) is 27.2 Å². The molecule has 1 saturated heterocycles. The van der Waals surface area contributed by atoms with Gasteiger partial charge in [0.25, 0.3) is 0 Å². The fourth-order valence-corrected chi connectivity index (χ4v) is 3.15. The van der Waals surface area contributed by atoms with E-state index in [1.54, 1.807) is 0 Å². The van der Waals surface area contributed by atoms with Gasteiger partial charge in [-0.1, -0.05) is 0 Å². The summed E-state index contributed by atoms with van der Waals surface area (Å²) in [6.07, 6.45) is 0.666. The van der Waals surface area contributed by atoms with E-state index in [0.29, 0.717) is 13.0 Å². The Morgan fingerprint density at radius 1 is 1.53 bits per heavy atom. The molecule has 19 heavy (non-hydrogen) atoms. The number of likely N-dealkylation sites (tertiary alicyclic amines) is 1. The van der Waals surface area contributed by atoms with Crippen molar-refractivity contribution in [3.8, 4) is 5.75 Å². The number of halogens is 3. The van der Waals surface area contributed by atoms with Crippen LogP contribution in [-0.4, -0.2) is 32.1 Å². The van der Waals surface area contributed by atoms with Crippen LogP contribution >= 0.6 is 15.9 Å². The number of nitrogens with two attached hydrogens (primary N) is 1. The summed E-state index contributed by atoms with van der Waals surface area (Å²) in [6.45, 7) is 1.28. The monoisotopic (exact) mass is 334 g/mol. The first-order valence-corrected chi connectivity index (χ1v) is 6.90. The van der Waals surface area contributed by atoms with Crippen LogP contribution in [-0.2, 0) is 0 Å². The van der Waals surface area contributed by atoms with Crippen molar-refractivity contribution in [3.63, 3.8) is 0 Å². The molecule has 106 valence electrons. The largest absolute Gasteiger partial charge is 0.495 e. The summed E-state index contributed by atoms with van der Waals surface area (Å²) in [5.74, 6) is -0.733. The maximum atomic E-state index is 14.3. The van der Waals surface area contributed by atoms with Gasteiger partial charge in [-0.2, -0.15) is 0 Å². The molecule has 0 aromatic heterocycles. The lowest BCUT2D eigenvalue weighted by molar-refractivity contribution is 0.297. The van der Waals surface area contributed by atoms with E-state index in [0.717, 1.165) is 6.54 Å². The number of nitrogens with zero attached hydrogens (tertiary/aromatic N) is 1. The summed E-state index contributed by atoms with van der Waals surface area (Å²) in [5.41, 5.74) is 5.73. The zero-order chi connectivity index (χ0) is 14.2. The van der Waals surface area contributed by atoms with Crippen LogP contribution in [0.5, 0.6) is 5.75 Å². The van der Waals surface area contributed by atoms with Crippen molar-refractivity contribution in [1.29, 1.82) is 0 Å². The molecule has 1 aromatic rings. The highest BCUT2D eigenvalue weighted by Gasteiger charge is 2.34. The van der Waals surface area contributed by atoms with Gasteiger partial charge in [0, 0.05) is 24.2 Å². The Balaban J connectivity index is 2.43. The molecule has 3 nitrogen and oxygen atoms in total. The minimum Gasteiger partial charge on any atom is -0.495 e. The lowest BCUT2D eigenvalue weighted by atomic mass is 9.99. The average Bonchev–Trinajstić information content (AvgIpc) is 2.75. The van der Waals surface area contributed by atoms with Crippen LogP contribution < -0.4 is 10.5 Å². The van der Waals surface area contributed by atoms with Crippen molar-refractivity contribution in [3.05, 3.63) is 27.7 Å².